The Morgan fingerprint density at radius 1 is 1.45 bits per heavy atom. The number of benzene rings is 1. The molecule has 2 N–H and O–H groups in total. The molecule has 2 aromatic rings. The average Bonchev–Trinajstić information content (AvgIpc) is 2.76. The van der Waals surface area contributed by atoms with Crippen LogP contribution in [-0.4, -0.2) is 23.0 Å². The molecular weight excluding hydrogens is 274 g/mol. The van der Waals surface area contributed by atoms with Gasteiger partial charge in [-0.15, -0.1) is 17.9 Å². The molecule has 2 rings (SSSR count). The van der Waals surface area contributed by atoms with E-state index in [1.54, 1.807) is 0 Å². The van der Waals surface area contributed by atoms with Crippen LogP contribution >= 0.6 is 11.3 Å². The van der Waals surface area contributed by atoms with Crippen molar-refractivity contribution in [1.29, 1.82) is 0 Å². The highest BCUT2D eigenvalue weighted by molar-refractivity contribution is 7.21. The van der Waals surface area contributed by atoms with E-state index in [1.807, 2.05) is 31.2 Å². The minimum absolute atomic E-state index is 0.199. The lowest BCUT2D eigenvalue weighted by molar-refractivity contribution is -0.139. The Bertz CT molecular complexity index is 675. The molecule has 0 bridgehead atoms. The van der Waals surface area contributed by atoms with Crippen LogP contribution in [0, 0.1) is 6.92 Å². The smallest absolute Gasteiger partial charge is 0.326 e. The van der Waals surface area contributed by atoms with E-state index in [4.69, 9.17) is 5.11 Å². The molecule has 20 heavy (non-hydrogen) atoms. The quantitative estimate of drug-likeness (QED) is 0.832. The van der Waals surface area contributed by atoms with Gasteiger partial charge in [-0.05, 0) is 30.4 Å². The molecule has 0 saturated carbocycles. The molecule has 1 aromatic heterocycles. The van der Waals surface area contributed by atoms with Crippen LogP contribution in [0.5, 0.6) is 0 Å². The van der Waals surface area contributed by atoms with Gasteiger partial charge in [0.1, 0.15) is 6.04 Å². The Morgan fingerprint density at radius 3 is 2.75 bits per heavy atom. The standard InChI is InChI=1S/C15H15NO3S/c1-3-6-11(15(18)19)16-14(17)13-9(2)10-7-4-5-8-12(10)20-13/h3-5,7-8,11H,1,6H2,2H3,(H,16,17)(H,18,19). The van der Waals surface area contributed by atoms with Crippen LogP contribution in [0.2, 0.25) is 0 Å². The first-order chi connectivity index (χ1) is 9.54. The summed E-state index contributed by atoms with van der Waals surface area (Å²) in [6.07, 6.45) is 1.68. The lowest BCUT2D eigenvalue weighted by Gasteiger charge is -2.11. The van der Waals surface area contributed by atoms with Crippen LogP contribution in [-0.2, 0) is 4.79 Å². The fourth-order valence-electron chi connectivity index (χ4n) is 2.00. The molecule has 104 valence electrons. The fourth-order valence-corrected chi connectivity index (χ4v) is 3.12. The third-order valence-corrected chi connectivity index (χ3v) is 4.33. The van der Waals surface area contributed by atoms with E-state index >= 15 is 0 Å². The fraction of sp³-hybridized carbons (Fsp3) is 0.200. The lowest BCUT2D eigenvalue weighted by Crippen LogP contribution is -2.40. The Hall–Kier alpha value is -2.14. The lowest BCUT2D eigenvalue weighted by atomic mass is 10.1. The zero-order chi connectivity index (χ0) is 14.7. The van der Waals surface area contributed by atoms with Gasteiger partial charge in [0.05, 0.1) is 4.88 Å². The predicted octanol–water partition coefficient (Wildman–Crippen LogP) is 2.97. The third kappa shape index (κ3) is 2.72. The van der Waals surface area contributed by atoms with Crippen LogP contribution in [0.25, 0.3) is 10.1 Å². The van der Waals surface area contributed by atoms with E-state index in [0.29, 0.717) is 4.88 Å². The molecule has 5 heteroatoms. The first-order valence-electron chi connectivity index (χ1n) is 6.17. The van der Waals surface area contributed by atoms with Crippen molar-refractivity contribution in [2.45, 2.75) is 19.4 Å². The monoisotopic (exact) mass is 289 g/mol. The maximum atomic E-state index is 12.2. The van der Waals surface area contributed by atoms with Gasteiger partial charge in [-0.25, -0.2) is 4.79 Å². The molecule has 1 heterocycles. The second-order valence-corrected chi connectivity index (χ2v) is 5.49. The van der Waals surface area contributed by atoms with Gasteiger partial charge in [0, 0.05) is 4.70 Å². The Kier molecular flexibility index (Phi) is 4.20. The van der Waals surface area contributed by atoms with Gasteiger partial charge >= 0.3 is 5.97 Å². The highest BCUT2D eigenvalue weighted by atomic mass is 32.1. The van der Waals surface area contributed by atoms with E-state index in [2.05, 4.69) is 11.9 Å². The average molecular weight is 289 g/mol. The van der Waals surface area contributed by atoms with Crippen LogP contribution in [0.15, 0.2) is 36.9 Å². The summed E-state index contributed by atoms with van der Waals surface area (Å²) in [5.74, 6) is -1.41. The number of rotatable bonds is 5. The number of aliphatic carboxylic acids is 1. The number of hydrogen-bond acceptors (Lipinski definition) is 3. The maximum Gasteiger partial charge on any atom is 0.326 e. The number of amides is 1. The highest BCUT2D eigenvalue weighted by Gasteiger charge is 2.22. The second-order valence-electron chi connectivity index (χ2n) is 4.44. The van der Waals surface area contributed by atoms with Crippen molar-refractivity contribution in [3.05, 3.63) is 47.4 Å². The molecule has 0 aliphatic heterocycles. The van der Waals surface area contributed by atoms with E-state index in [1.165, 1.54) is 17.4 Å². The molecule has 0 aliphatic rings. The van der Waals surface area contributed by atoms with Gasteiger partial charge in [0.25, 0.3) is 5.91 Å². The third-order valence-electron chi connectivity index (χ3n) is 3.06. The van der Waals surface area contributed by atoms with Gasteiger partial charge in [-0.2, -0.15) is 0 Å². The number of carbonyl (C=O) groups excluding carboxylic acids is 1. The van der Waals surface area contributed by atoms with Crippen molar-refractivity contribution < 1.29 is 14.7 Å². The van der Waals surface area contributed by atoms with E-state index in [9.17, 15) is 9.59 Å². The Morgan fingerprint density at radius 2 is 2.15 bits per heavy atom. The largest absolute Gasteiger partial charge is 0.480 e. The summed E-state index contributed by atoms with van der Waals surface area (Å²) in [5.41, 5.74) is 0.880. The number of carboxylic acid groups (broad SMARTS) is 1. The van der Waals surface area contributed by atoms with Crippen molar-refractivity contribution in [1.82, 2.24) is 5.32 Å². The van der Waals surface area contributed by atoms with Crippen LogP contribution in [0.4, 0.5) is 0 Å². The summed E-state index contributed by atoms with van der Waals surface area (Å²) in [4.78, 5) is 23.8. The summed E-state index contributed by atoms with van der Waals surface area (Å²) in [5, 5.41) is 12.6. The summed E-state index contributed by atoms with van der Waals surface area (Å²) in [6.45, 7) is 5.38. The number of carbonyl (C=O) groups is 2. The minimum atomic E-state index is -1.06. The minimum Gasteiger partial charge on any atom is -0.480 e. The number of aryl methyl sites for hydroxylation is 1. The Labute approximate surface area is 120 Å². The highest BCUT2D eigenvalue weighted by Crippen LogP contribution is 2.30. The normalized spacial score (nSPS) is 12.1. The van der Waals surface area contributed by atoms with Crippen molar-refractivity contribution in [3.8, 4) is 0 Å². The zero-order valence-corrected chi connectivity index (χ0v) is 11.9. The number of hydrogen-bond donors (Lipinski definition) is 2. The molecule has 0 fully saturated rings. The second kappa shape index (κ2) is 5.88. The van der Waals surface area contributed by atoms with E-state index in [0.717, 1.165) is 15.6 Å². The molecule has 1 amide bonds. The summed E-state index contributed by atoms with van der Waals surface area (Å²) in [7, 11) is 0. The predicted molar refractivity (Wildman–Crippen MR) is 80.3 cm³/mol. The molecule has 1 aromatic carbocycles. The van der Waals surface area contributed by atoms with Gasteiger partial charge in [0.15, 0.2) is 0 Å². The molecule has 4 nitrogen and oxygen atoms in total. The summed E-state index contributed by atoms with van der Waals surface area (Å²) >= 11 is 1.37. The molecule has 1 atom stereocenters. The van der Waals surface area contributed by atoms with Crippen molar-refractivity contribution in [2.24, 2.45) is 0 Å². The van der Waals surface area contributed by atoms with Crippen LogP contribution in [0.3, 0.4) is 0 Å². The van der Waals surface area contributed by atoms with Gasteiger partial charge in [0.2, 0.25) is 0 Å². The number of nitrogens with one attached hydrogen (secondary N) is 1. The van der Waals surface area contributed by atoms with E-state index in [-0.39, 0.29) is 12.3 Å². The number of carboxylic acids is 1. The summed E-state index contributed by atoms with van der Waals surface area (Å²) < 4.78 is 1.02. The topological polar surface area (TPSA) is 66.4 Å². The van der Waals surface area contributed by atoms with Gasteiger partial charge in [-0.1, -0.05) is 24.3 Å². The molecule has 0 aliphatic carbocycles. The van der Waals surface area contributed by atoms with Crippen LogP contribution < -0.4 is 5.32 Å². The zero-order valence-electron chi connectivity index (χ0n) is 11.1. The van der Waals surface area contributed by atoms with Crippen molar-refractivity contribution >= 4 is 33.3 Å². The SMILES string of the molecule is C=CCC(NC(=O)c1sc2ccccc2c1C)C(=O)O. The maximum absolute atomic E-state index is 12.2. The van der Waals surface area contributed by atoms with Crippen molar-refractivity contribution in [2.75, 3.05) is 0 Å². The van der Waals surface area contributed by atoms with Crippen LogP contribution in [0.1, 0.15) is 21.7 Å². The first kappa shape index (κ1) is 14.3. The Balaban J connectivity index is 2.29. The molecule has 0 saturated heterocycles. The molecular formula is C15H15NO3S. The molecule has 1 unspecified atom stereocenters. The molecule has 0 spiro atoms. The van der Waals surface area contributed by atoms with E-state index < -0.39 is 12.0 Å². The molecule has 0 radical (unpaired) electrons. The van der Waals surface area contributed by atoms with Gasteiger partial charge < -0.3 is 10.4 Å². The summed E-state index contributed by atoms with van der Waals surface area (Å²) in [6, 6.07) is 6.79. The first-order valence-corrected chi connectivity index (χ1v) is 6.99. The number of fused-ring (bicyclic) bond motifs is 1. The van der Waals surface area contributed by atoms with Crippen molar-refractivity contribution in [3.63, 3.8) is 0 Å². The number of thiophene rings is 1. The van der Waals surface area contributed by atoms with Gasteiger partial charge in [-0.3, -0.25) is 4.79 Å².